The normalized spacial score (nSPS) is 14.0. The SMILES string of the molecule is O=C(CCCl)NC1c2ccccc2CCc2ccccc21. The zero-order chi connectivity index (χ0) is 14.7. The molecule has 1 N–H and O–H groups in total. The van der Waals surface area contributed by atoms with Gasteiger partial charge in [0.2, 0.25) is 5.91 Å². The van der Waals surface area contributed by atoms with Crippen molar-refractivity contribution < 1.29 is 4.79 Å². The van der Waals surface area contributed by atoms with E-state index in [0.29, 0.717) is 12.3 Å². The number of aryl methyl sites for hydroxylation is 2. The topological polar surface area (TPSA) is 29.1 Å². The molecule has 0 radical (unpaired) electrons. The first kappa shape index (κ1) is 14.2. The number of hydrogen-bond acceptors (Lipinski definition) is 1. The lowest BCUT2D eigenvalue weighted by molar-refractivity contribution is -0.121. The lowest BCUT2D eigenvalue weighted by Gasteiger charge is -2.21. The largest absolute Gasteiger partial charge is 0.345 e. The highest BCUT2D eigenvalue weighted by Crippen LogP contribution is 2.32. The first-order chi connectivity index (χ1) is 10.3. The van der Waals surface area contributed by atoms with E-state index in [0.717, 1.165) is 12.8 Å². The number of alkyl halides is 1. The molecule has 1 amide bonds. The minimum absolute atomic E-state index is 0.00139. The molecule has 2 aromatic rings. The fourth-order valence-electron chi connectivity index (χ4n) is 3.00. The number of carbonyl (C=O) groups is 1. The molecule has 0 saturated heterocycles. The van der Waals surface area contributed by atoms with E-state index in [4.69, 9.17) is 11.6 Å². The molecule has 2 nitrogen and oxygen atoms in total. The van der Waals surface area contributed by atoms with Gasteiger partial charge in [-0.15, -0.1) is 11.6 Å². The summed E-state index contributed by atoms with van der Waals surface area (Å²) >= 11 is 5.69. The van der Waals surface area contributed by atoms with E-state index in [2.05, 4.69) is 41.7 Å². The second kappa shape index (κ2) is 6.31. The molecule has 0 heterocycles. The lowest BCUT2D eigenvalue weighted by atomic mass is 9.94. The molecule has 0 aromatic heterocycles. The first-order valence-electron chi connectivity index (χ1n) is 7.30. The van der Waals surface area contributed by atoms with Gasteiger partial charge in [0.25, 0.3) is 0 Å². The second-order valence-corrected chi connectivity index (χ2v) is 5.72. The molecule has 0 fully saturated rings. The van der Waals surface area contributed by atoms with Crippen LogP contribution < -0.4 is 5.32 Å². The standard InChI is InChI=1S/C18H18ClNO/c19-12-11-17(21)20-18-15-7-3-1-5-13(15)9-10-14-6-2-4-8-16(14)18/h1-8,18H,9-12H2,(H,20,21). The lowest BCUT2D eigenvalue weighted by Crippen LogP contribution is -2.30. The fourth-order valence-corrected chi connectivity index (χ4v) is 3.17. The monoisotopic (exact) mass is 299 g/mol. The van der Waals surface area contributed by atoms with Gasteiger partial charge >= 0.3 is 0 Å². The number of carbonyl (C=O) groups excluding carboxylic acids is 1. The highest BCUT2D eigenvalue weighted by Gasteiger charge is 2.24. The smallest absolute Gasteiger partial charge is 0.221 e. The molecular formula is C18H18ClNO. The van der Waals surface area contributed by atoms with E-state index in [-0.39, 0.29) is 11.9 Å². The van der Waals surface area contributed by atoms with Crippen molar-refractivity contribution >= 4 is 17.5 Å². The molecular weight excluding hydrogens is 282 g/mol. The summed E-state index contributed by atoms with van der Waals surface area (Å²) in [7, 11) is 0. The van der Waals surface area contributed by atoms with Crippen molar-refractivity contribution in [1.29, 1.82) is 0 Å². The van der Waals surface area contributed by atoms with Gasteiger partial charge in [0.1, 0.15) is 0 Å². The summed E-state index contributed by atoms with van der Waals surface area (Å²) in [6, 6.07) is 16.7. The van der Waals surface area contributed by atoms with Gasteiger partial charge in [-0.1, -0.05) is 48.5 Å². The Hall–Kier alpha value is -1.80. The Kier molecular flexibility index (Phi) is 4.26. The molecule has 0 saturated carbocycles. The predicted octanol–water partition coefficient (Wildman–Crippen LogP) is 3.62. The molecule has 3 rings (SSSR count). The van der Waals surface area contributed by atoms with Crippen LogP contribution in [0, 0.1) is 0 Å². The maximum atomic E-state index is 12.0. The van der Waals surface area contributed by atoms with Crippen molar-refractivity contribution in [2.24, 2.45) is 0 Å². The zero-order valence-corrected chi connectivity index (χ0v) is 12.6. The minimum atomic E-state index is -0.0735. The van der Waals surface area contributed by atoms with Crippen molar-refractivity contribution in [1.82, 2.24) is 5.32 Å². The van der Waals surface area contributed by atoms with E-state index < -0.39 is 0 Å². The molecule has 1 aliphatic carbocycles. The van der Waals surface area contributed by atoms with Crippen LogP contribution in [-0.2, 0) is 17.6 Å². The third-order valence-electron chi connectivity index (χ3n) is 4.02. The molecule has 1 aliphatic rings. The van der Waals surface area contributed by atoms with Crippen LogP contribution >= 0.6 is 11.6 Å². The van der Waals surface area contributed by atoms with Gasteiger partial charge in [-0.3, -0.25) is 4.79 Å². The number of rotatable bonds is 3. The highest BCUT2D eigenvalue weighted by molar-refractivity contribution is 6.18. The molecule has 0 spiro atoms. The van der Waals surface area contributed by atoms with Crippen molar-refractivity contribution in [3.05, 3.63) is 70.8 Å². The van der Waals surface area contributed by atoms with Crippen LogP contribution in [0.15, 0.2) is 48.5 Å². The Labute approximate surface area is 130 Å². The fraction of sp³-hybridized carbons (Fsp3) is 0.278. The number of amides is 1. The van der Waals surface area contributed by atoms with Crippen LogP contribution in [-0.4, -0.2) is 11.8 Å². The predicted molar refractivity (Wildman–Crippen MR) is 85.6 cm³/mol. The quantitative estimate of drug-likeness (QED) is 0.862. The van der Waals surface area contributed by atoms with Gasteiger partial charge in [-0.05, 0) is 35.1 Å². The van der Waals surface area contributed by atoms with Crippen LogP contribution in [0.4, 0.5) is 0 Å². The van der Waals surface area contributed by atoms with Crippen molar-refractivity contribution in [2.75, 3.05) is 5.88 Å². The summed E-state index contributed by atoms with van der Waals surface area (Å²) in [6.45, 7) is 0. The van der Waals surface area contributed by atoms with Gasteiger partial charge in [-0.25, -0.2) is 0 Å². The van der Waals surface area contributed by atoms with Crippen molar-refractivity contribution in [3.63, 3.8) is 0 Å². The molecule has 108 valence electrons. The van der Waals surface area contributed by atoms with Crippen LogP contribution in [0.1, 0.15) is 34.7 Å². The Morgan fingerprint density at radius 1 is 1.00 bits per heavy atom. The summed E-state index contributed by atoms with van der Waals surface area (Å²) in [6.07, 6.45) is 2.37. The van der Waals surface area contributed by atoms with Gasteiger partial charge in [-0.2, -0.15) is 0 Å². The van der Waals surface area contributed by atoms with Crippen LogP contribution in [0.3, 0.4) is 0 Å². The van der Waals surface area contributed by atoms with E-state index in [1.807, 2.05) is 12.1 Å². The van der Waals surface area contributed by atoms with Gasteiger partial charge in [0.15, 0.2) is 0 Å². The van der Waals surface area contributed by atoms with Crippen LogP contribution in [0.25, 0.3) is 0 Å². The number of benzene rings is 2. The Balaban J connectivity index is 2.04. The Morgan fingerprint density at radius 2 is 1.52 bits per heavy atom. The maximum absolute atomic E-state index is 12.0. The van der Waals surface area contributed by atoms with E-state index in [1.54, 1.807) is 0 Å². The van der Waals surface area contributed by atoms with Gasteiger partial charge < -0.3 is 5.32 Å². The minimum Gasteiger partial charge on any atom is -0.345 e. The number of fused-ring (bicyclic) bond motifs is 2. The summed E-state index contributed by atoms with van der Waals surface area (Å²) in [5.74, 6) is 0.350. The Bertz CT molecular complexity index is 606. The summed E-state index contributed by atoms with van der Waals surface area (Å²) < 4.78 is 0. The van der Waals surface area contributed by atoms with E-state index >= 15 is 0 Å². The molecule has 0 atom stereocenters. The number of hydrogen-bond donors (Lipinski definition) is 1. The first-order valence-corrected chi connectivity index (χ1v) is 7.84. The van der Waals surface area contributed by atoms with Crippen molar-refractivity contribution in [3.8, 4) is 0 Å². The molecule has 2 aromatic carbocycles. The summed E-state index contributed by atoms with van der Waals surface area (Å²) in [5.41, 5.74) is 5.02. The number of nitrogens with one attached hydrogen (secondary N) is 1. The Morgan fingerprint density at radius 3 is 2.05 bits per heavy atom. The van der Waals surface area contributed by atoms with Crippen LogP contribution in [0.2, 0.25) is 0 Å². The van der Waals surface area contributed by atoms with Crippen LogP contribution in [0.5, 0.6) is 0 Å². The van der Waals surface area contributed by atoms with E-state index in [9.17, 15) is 4.79 Å². The van der Waals surface area contributed by atoms with E-state index in [1.165, 1.54) is 22.3 Å². The molecule has 3 heteroatoms. The average molecular weight is 300 g/mol. The second-order valence-electron chi connectivity index (χ2n) is 5.34. The van der Waals surface area contributed by atoms with Gasteiger partial charge in [0.05, 0.1) is 6.04 Å². The zero-order valence-electron chi connectivity index (χ0n) is 11.8. The molecule has 0 unspecified atom stereocenters. The molecule has 0 aliphatic heterocycles. The third-order valence-corrected chi connectivity index (χ3v) is 4.21. The maximum Gasteiger partial charge on any atom is 0.221 e. The molecule has 0 bridgehead atoms. The third kappa shape index (κ3) is 2.96. The summed E-state index contributed by atoms with van der Waals surface area (Å²) in [4.78, 5) is 12.0. The molecule has 21 heavy (non-hydrogen) atoms. The van der Waals surface area contributed by atoms with Crippen molar-refractivity contribution in [2.45, 2.75) is 25.3 Å². The highest BCUT2D eigenvalue weighted by atomic mass is 35.5. The van der Waals surface area contributed by atoms with Gasteiger partial charge in [0, 0.05) is 12.3 Å². The summed E-state index contributed by atoms with van der Waals surface area (Å²) in [5, 5.41) is 3.15. The average Bonchev–Trinajstić information content (AvgIpc) is 2.66. The number of halogens is 1.